The number of pyridine rings is 1. The summed E-state index contributed by atoms with van der Waals surface area (Å²) in [4.78, 5) is 22.0. The van der Waals surface area contributed by atoms with Crippen molar-refractivity contribution < 1.29 is 4.79 Å². The van der Waals surface area contributed by atoms with E-state index in [0.29, 0.717) is 11.1 Å². The average molecular weight is 479 g/mol. The van der Waals surface area contributed by atoms with Crippen LogP contribution in [0.1, 0.15) is 38.3 Å². The van der Waals surface area contributed by atoms with Gasteiger partial charge in [-0.05, 0) is 67.8 Å². The summed E-state index contributed by atoms with van der Waals surface area (Å²) >= 11 is 0. The number of benzene rings is 2. The fourth-order valence-electron chi connectivity index (χ4n) is 4.44. The molecule has 7 nitrogen and oxygen atoms in total. The monoisotopic (exact) mass is 478 g/mol. The van der Waals surface area contributed by atoms with E-state index in [1.54, 1.807) is 18.5 Å². The summed E-state index contributed by atoms with van der Waals surface area (Å²) in [5, 5.41) is 11.3. The predicted octanol–water partition coefficient (Wildman–Crippen LogP) is 3.97. The summed E-state index contributed by atoms with van der Waals surface area (Å²) in [6, 6.07) is 13.9. The molecular weight excluding hydrogens is 448 g/mol. The molecule has 0 radical (unpaired) electrons. The first kappa shape index (κ1) is 23.7. The predicted molar refractivity (Wildman–Crippen MR) is 143 cm³/mol. The van der Waals surface area contributed by atoms with Crippen LogP contribution in [0.15, 0.2) is 54.9 Å². The van der Waals surface area contributed by atoms with Crippen LogP contribution in [-0.4, -0.2) is 64.1 Å². The lowest BCUT2D eigenvalue weighted by Gasteiger charge is -2.32. The smallest absolute Gasteiger partial charge is 0.257 e. The molecule has 1 aliphatic rings. The largest absolute Gasteiger partial charge is 0.322 e. The highest BCUT2D eigenvalue weighted by atomic mass is 16.1. The second-order valence-electron chi connectivity index (χ2n) is 9.46. The quantitative estimate of drug-likeness (QED) is 0.434. The molecular formula is C29H30N6O. The van der Waals surface area contributed by atoms with Crippen molar-refractivity contribution in [2.75, 3.05) is 38.5 Å². The Hall–Kier alpha value is -3.99. The molecule has 4 aromatic rings. The van der Waals surface area contributed by atoms with Gasteiger partial charge in [-0.1, -0.05) is 24.1 Å². The zero-order valence-corrected chi connectivity index (χ0v) is 20.9. The van der Waals surface area contributed by atoms with E-state index in [1.165, 1.54) is 11.1 Å². The van der Waals surface area contributed by atoms with Gasteiger partial charge in [-0.25, -0.2) is 0 Å². The number of nitrogens with zero attached hydrogens (tertiary/aromatic N) is 4. The highest BCUT2D eigenvalue weighted by Gasteiger charge is 2.15. The number of carbonyl (C=O) groups is 1. The highest BCUT2D eigenvalue weighted by Crippen LogP contribution is 2.20. The molecule has 1 amide bonds. The number of aryl methyl sites for hydroxylation is 2. The van der Waals surface area contributed by atoms with E-state index in [0.717, 1.165) is 60.6 Å². The molecule has 5 rings (SSSR count). The van der Waals surface area contributed by atoms with E-state index in [2.05, 4.69) is 62.2 Å². The van der Waals surface area contributed by atoms with Gasteiger partial charge in [0.1, 0.15) is 5.69 Å². The average Bonchev–Trinajstić information content (AvgIpc) is 3.30. The van der Waals surface area contributed by atoms with Crippen LogP contribution in [0, 0.1) is 25.7 Å². The molecule has 182 valence electrons. The number of carbonyl (C=O) groups excluding carboxylic acids is 1. The Morgan fingerprint density at radius 3 is 2.67 bits per heavy atom. The van der Waals surface area contributed by atoms with Crippen LogP contribution >= 0.6 is 0 Å². The lowest BCUT2D eigenvalue weighted by molar-refractivity contribution is 0.102. The van der Waals surface area contributed by atoms with Crippen molar-refractivity contribution in [3.05, 3.63) is 88.4 Å². The highest BCUT2D eigenvalue weighted by molar-refractivity contribution is 6.04. The summed E-state index contributed by atoms with van der Waals surface area (Å²) in [7, 11) is 2.17. The second-order valence-corrected chi connectivity index (χ2v) is 9.46. The molecule has 0 spiro atoms. The number of H-pyrrole nitrogens is 1. The van der Waals surface area contributed by atoms with E-state index in [9.17, 15) is 4.79 Å². The van der Waals surface area contributed by atoms with Crippen molar-refractivity contribution >= 4 is 22.5 Å². The normalized spacial score (nSPS) is 14.4. The number of amides is 1. The Bertz CT molecular complexity index is 1470. The molecule has 36 heavy (non-hydrogen) atoms. The molecule has 0 atom stereocenters. The van der Waals surface area contributed by atoms with E-state index in [1.807, 2.05) is 37.3 Å². The third kappa shape index (κ3) is 5.30. The number of likely N-dealkylation sites (N-methyl/N-ethyl adjacent to an activating group) is 1. The molecule has 0 saturated carbocycles. The molecule has 0 aliphatic carbocycles. The van der Waals surface area contributed by atoms with Crippen LogP contribution < -0.4 is 5.32 Å². The van der Waals surface area contributed by atoms with Crippen molar-refractivity contribution in [2.24, 2.45) is 0 Å². The van der Waals surface area contributed by atoms with Crippen LogP contribution in [0.5, 0.6) is 0 Å². The summed E-state index contributed by atoms with van der Waals surface area (Å²) < 4.78 is 0. The molecule has 1 aliphatic heterocycles. The summed E-state index contributed by atoms with van der Waals surface area (Å²) in [6.07, 6.45) is 3.22. The maximum Gasteiger partial charge on any atom is 0.257 e. The SMILES string of the molecule is Cc1cc(NC(=O)c2cncc(C#Cc3[nH]nc4c(C)cccc34)c2)ccc1CN1CCN(C)CC1. The van der Waals surface area contributed by atoms with E-state index < -0.39 is 0 Å². The molecule has 1 fully saturated rings. The molecule has 2 aromatic heterocycles. The standard InChI is InChI=1S/C29H30N6O/c1-20-5-4-6-26-27(32-33-28(20)26)10-7-22-16-24(18-30-17-22)29(36)31-25-9-8-23(21(2)15-25)19-35-13-11-34(3)12-14-35/h4-6,8-9,15-18H,11-14,19H2,1-3H3,(H,31,36)(H,32,33). The Labute approximate surface area is 211 Å². The first-order valence-electron chi connectivity index (χ1n) is 12.2. The van der Waals surface area contributed by atoms with Gasteiger partial charge in [-0.2, -0.15) is 5.10 Å². The second kappa shape index (κ2) is 10.3. The number of piperazine rings is 1. The Morgan fingerprint density at radius 2 is 1.86 bits per heavy atom. The maximum absolute atomic E-state index is 12.9. The molecule has 2 N–H and O–H groups in total. The number of para-hydroxylation sites is 1. The summed E-state index contributed by atoms with van der Waals surface area (Å²) in [5.74, 6) is 6.03. The van der Waals surface area contributed by atoms with Gasteiger partial charge in [0.2, 0.25) is 0 Å². The number of aromatic amines is 1. The van der Waals surface area contributed by atoms with Crippen molar-refractivity contribution in [2.45, 2.75) is 20.4 Å². The number of fused-ring (bicyclic) bond motifs is 1. The third-order valence-electron chi connectivity index (χ3n) is 6.71. The molecule has 1 saturated heterocycles. The fourth-order valence-corrected chi connectivity index (χ4v) is 4.44. The Kier molecular flexibility index (Phi) is 6.81. The third-order valence-corrected chi connectivity index (χ3v) is 6.71. The maximum atomic E-state index is 12.9. The van der Waals surface area contributed by atoms with Gasteiger partial charge < -0.3 is 10.2 Å². The zero-order chi connectivity index (χ0) is 25.1. The number of hydrogen-bond donors (Lipinski definition) is 2. The minimum absolute atomic E-state index is 0.208. The topological polar surface area (TPSA) is 77.1 Å². The van der Waals surface area contributed by atoms with Gasteiger partial charge in [0.15, 0.2) is 0 Å². The minimum atomic E-state index is -0.208. The molecule has 2 aromatic carbocycles. The first-order chi connectivity index (χ1) is 17.5. The van der Waals surface area contributed by atoms with E-state index >= 15 is 0 Å². The van der Waals surface area contributed by atoms with E-state index in [-0.39, 0.29) is 5.91 Å². The number of aromatic nitrogens is 3. The van der Waals surface area contributed by atoms with Crippen LogP contribution in [0.2, 0.25) is 0 Å². The van der Waals surface area contributed by atoms with Crippen molar-refractivity contribution in [1.82, 2.24) is 25.0 Å². The number of hydrogen-bond acceptors (Lipinski definition) is 5. The zero-order valence-electron chi connectivity index (χ0n) is 20.9. The van der Waals surface area contributed by atoms with Gasteiger partial charge in [-0.15, -0.1) is 0 Å². The molecule has 3 heterocycles. The van der Waals surface area contributed by atoms with Gasteiger partial charge in [0.05, 0.1) is 11.1 Å². The van der Waals surface area contributed by atoms with Crippen molar-refractivity contribution in [3.63, 3.8) is 0 Å². The van der Waals surface area contributed by atoms with Crippen LogP contribution in [0.25, 0.3) is 10.9 Å². The lowest BCUT2D eigenvalue weighted by atomic mass is 10.1. The van der Waals surface area contributed by atoms with E-state index in [4.69, 9.17) is 0 Å². The number of rotatable bonds is 4. The number of nitrogens with one attached hydrogen (secondary N) is 2. The molecule has 7 heteroatoms. The van der Waals surface area contributed by atoms with Crippen LogP contribution in [0.4, 0.5) is 5.69 Å². The summed E-state index contributed by atoms with van der Waals surface area (Å²) in [5.41, 5.74) is 7.12. The van der Waals surface area contributed by atoms with Gasteiger partial charge >= 0.3 is 0 Å². The molecule has 0 unspecified atom stereocenters. The fraction of sp³-hybridized carbons (Fsp3) is 0.276. The van der Waals surface area contributed by atoms with Gasteiger partial charge in [-0.3, -0.25) is 19.8 Å². The van der Waals surface area contributed by atoms with Crippen LogP contribution in [0.3, 0.4) is 0 Å². The first-order valence-corrected chi connectivity index (χ1v) is 12.2. The van der Waals surface area contributed by atoms with Crippen molar-refractivity contribution in [3.8, 4) is 11.8 Å². The Balaban J connectivity index is 1.26. The van der Waals surface area contributed by atoms with Gasteiger partial charge in [0, 0.05) is 61.8 Å². The van der Waals surface area contributed by atoms with Crippen molar-refractivity contribution in [1.29, 1.82) is 0 Å². The lowest BCUT2D eigenvalue weighted by Crippen LogP contribution is -2.43. The summed E-state index contributed by atoms with van der Waals surface area (Å²) in [6.45, 7) is 9.41. The van der Waals surface area contributed by atoms with Crippen LogP contribution in [-0.2, 0) is 6.54 Å². The van der Waals surface area contributed by atoms with Gasteiger partial charge in [0.25, 0.3) is 5.91 Å². The minimum Gasteiger partial charge on any atom is -0.322 e. The molecule has 0 bridgehead atoms. The number of anilines is 1. The Morgan fingerprint density at radius 1 is 1.03 bits per heavy atom.